The molecule has 3 nitrogen and oxygen atoms in total. The summed E-state index contributed by atoms with van der Waals surface area (Å²) < 4.78 is 4.57. The highest BCUT2D eigenvalue weighted by Gasteiger charge is 2.18. The predicted octanol–water partition coefficient (Wildman–Crippen LogP) is 0.734. The van der Waals surface area contributed by atoms with Gasteiger partial charge in [0.1, 0.15) is 11.7 Å². The second kappa shape index (κ2) is 5.48. The number of hydrogen-bond donors (Lipinski definition) is 1. The van der Waals surface area contributed by atoms with Crippen molar-refractivity contribution in [1.29, 1.82) is 0 Å². The number of halogens is 1. The number of hydrogen-bond acceptors (Lipinski definition) is 2. The predicted molar refractivity (Wildman–Crippen MR) is 85.0 cm³/mol. The van der Waals surface area contributed by atoms with Crippen LogP contribution >= 0.6 is 11.3 Å². The Bertz CT molecular complexity index is 1040. The number of nitrogens with zero attached hydrogens (tertiary/aromatic N) is 1. The van der Waals surface area contributed by atoms with Gasteiger partial charge in [-0.25, -0.2) is 4.79 Å². The lowest BCUT2D eigenvalue weighted by molar-refractivity contribution is -0.616. The number of carboxylic acid groups (broad SMARTS) is 1. The summed E-state index contributed by atoms with van der Waals surface area (Å²) in [5.74, 6) is -0.893. The number of pyridine rings is 1. The summed E-state index contributed by atoms with van der Waals surface area (Å²) in [6, 6.07) is 15.7. The number of aryl methyl sites for hydroxylation is 1. The average Bonchev–Trinajstić information content (AvgIpc) is 2.85. The third kappa shape index (κ3) is 2.16. The summed E-state index contributed by atoms with van der Waals surface area (Å²) in [7, 11) is 2.03. The van der Waals surface area contributed by atoms with Crippen molar-refractivity contribution in [2.45, 2.75) is 0 Å². The Balaban J connectivity index is 0.00000144. The standard InChI is InChI=1S/C17H11NO2S.HI/c1-18-13-7-6-10(17(19)20)8-11(13)9-15-16(18)12-4-2-3-5-14(12)21-15;/h2-9H,1H3;1H. The van der Waals surface area contributed by atoms with Crippen molar-refractivity contribution < 1.29 is 38.4 Å². The molecule has 5 heteroatoms. The zero-order chi connectivity index (χ0) is 14.6. The van der Waals surface area contributed by atoms with Gasteiger partial charge in [-0.15, -0.1) is 11.3 Å². The van der Waals surface area contributed by atoms with Gasteiger partial charge >= 0.3 is 5.97 Å². The fourth-order valence-corrected chi connectivity index (χ4v) is 4.05. The molecule has 0 saturated carbocycles. The number of fused-ring (bicyclic) bond motifs is 4. The third-order valence-corrected chi connectivity index (χ3v) is 4.96. The van der Waals surface area contributed by atoms with Crippen LogP contribution in [0, 0.1) is 0 Å². The highest BCUT2D eigenvalue weighted by Crippen LogP contribution is 2.33. The molecule has 0 aliphatic heterocycles. The molecule has 0 spiro atoms. The van der Waals surface area contributed by atoms with E-state index in [1.807, 2.05) is 25.2 Å². The van der Waals surface area contributed by atoms with Crippen molar-refractivity contribution in [2.75, 3.05) is 0 Å². The van der Waals surface area contributed by atoms with Crippen LogP contribution in [-0.4, -0.2) is 11.1 Å². The second-order valence-corrected chi connectivity index (χ2v) is 6.18. The summed E-state index contributed by atoms with van der Waals surface area (Å²) in [4.78, 5) is 11.1. The van der Waals surface area contributed by atoms with Gasteiger partial charge in [0.15, 0.2) is 0 Å². The molecule has 1 N–H and O–H groups in total. The molecule has 0 aliphatic rings. The van der Waals surface area contributed by atoms with Crippen LogP contribution in [-0.2, 0) is 7.05 Å². The first-order valence-electron chi connectivity index (χ1n) is 6.62. The summed E-state index contributed by atoms with van der Waals surface area (Å²) in [5, 5.41) is 11.3. The molecular formula is C17H12INO2S. The molecule has 0 radical (unpaired) electrons. The van der Waals surface area contributed by atoms with Crippen LogP contribution in [0.15, 0.2) is 48.5 Å². The van der Waals surface area contributed by atoms with E-state index in [9.17, 15) is 4.79 Å². The maximum atomic E-state index is 11.1. The van der Waals surface area contributed by atoms with E-state index in [2.05, 4.69) is 22.8 Å². The zero-order valence-corrected chi connectivity index (χ0v) is 14.7. The molecule has 0 fully saturated rings. The zero-order valence-electron chi connectivity index (χ0n) is 11.7. The van der Waals surface area contributed by atoms with Crippen LogP contribution in [0.3, 0.4) is 0 Å². The molecule has 2 heterocycles. The number of aromatic carboxylic acids is 1. The minimum atomic E-state index is -0.893. The Morgan fingerprint density at radius 3 is 2.64 bits per heavy atom. The fourth-order valence-electron chi connectivity index (χ4n) is 2.86. The van der Waals surface area contributed by atoms with Gasteiger partial charge in [0.2, 0.25) is 11.0 Å². The fraction of sp³-hybridized carbons (Fsp3) is 0.0588. The van der Waals surface area contributed by atoms with Crippen molar-refractivity contribution in [1.82, 2.24) is 0 Å². The Kier molecular flexibility index (Phi) is 3.78. The van der Waals surface area contributed by atoms with Crippen molar-refractivity contribution in [2.24, 2.45) is 7.05 Å². The van der Waals surface area contributed by atoms with Gasteiger partial charge in [0, 0.05) is 16.2 Å². The first-order chi connectivity index (χ1) is 10.1. The van der Waals surface area contributed by atoms with Crippen LogP contribution < -0.4 is 28.5 Å². The van der Waals surface area contributed by atoms with Gasteiger partial charge in [-0.05, 0) is 30.3 Å². The van der Waals surface area contributed by atoms with Gasteiger partial charge in [-0.2, -0.15) is 4.57 Å². The summed E-state index contributed by atoms with van der Waals surface area (Å²) >= 11 is 1.74. The molecule has 22 heavy (non-hydrogen) atoms. The Morgan fingerprint density at radius 2 is 1.86 bits per heavy atom. The van der Waals surface area contributed by atoms with Gasteiger partial charge in [0.25, 0.3) is 0 Å². The van der Waals surface area contributed by atoms with Crippen molar-refractivity contribution in [3.05, 3.63) is 54.1 Å². The van der Waals surface area contributed by atoms with E-state index in [0.29, 0.717) is 5.56 Å². The Morgan fingerprint density at radius 1 is 1.09 bits per heavy atom. The molecule has 0 saturated heterocycles. The molecule has 0 bridgehead atoms. The molecule has 2 aromatic carbocycles. The van der Waals surface area contributed by atoms with E-state index in [-0.39, 0.29) is 24.0 Å². The van der Waals surface area contributed by atoms with Gasteiger partial charge < -0.3 is 29.1 Å². The van der Waals surface area contributed by atoms with E-state index in [1.54, 1.807) is 23.5 Å². The molecule has 0 atom stereocenters. The Hall–Kier alpha value is -1.73. The lowest BCUT2D eigenvalue weighted by Gasteiger charge is -2.00. The number of benzene rings is 2. The molecule has 0 aliphatic carbocycles. The maximum absolute atomic E-state index is 11.1. The smallest absolute Gasteiger partial charge is 0.335 e. The molecule has 0 amide bonds. The molecule has 4 aromatic rings. The molecule has 2 aromatic heterocycles. The van der Waals surface area contributed by atoms with Crippen LogP contribution in [0.5, 0.6) is 0 Å². The third-order valence-electron chi connectivity index (χ3n) is 3.85. The van der Waals surface area contributed by atoms with Crippen LogP contribution in [0.1, 0.15) is 10.4 Å². The van der Waals surface area contributed by atoms with E-state index in [0.717, 1.165) is 10.9 Å². The highest BCUT2D eigenvalue weighted by molar-refractivity contribution is 7.25. The normalized spacial score (nSPS) is 11.0. The van der Waals surface area contributed by atoms with E-state index in [1.165, 1.54) is 20.3 Å². The summed E-state index contributed by atoms with van der Waals surface area (Å²) in [6.07, 6.45) is 0. The average molecular weight is 421 g/mol. The topological polar surface area (TPSA) is 41.2 Å². The molecule has 110 valence electrons. The number of rotatable bonds is 1. The van der Waals surface area contributed by atoms with Crippen molar-refractivity contribution >= 4 is 48.5 Å². The molecule has 0 unspecified atom stereocenters. The molecular weight excluding hydrogens is 409 g/mol. The van der Waals surface area contributed by atoms with E-state index in [4.69, 9.17) is 5.11 Å². The van der Waals surface area contributed by atoms with Gasteiger partial charge in [-0.3, -0.25) is 0 Å². The van der Waals surface area contributed by atoms with E-state index >= 15 is 0 Å². The number of carboxylic acids is 1. The van der Waals surface area contributed by atoms with Gasteiger partial charge in [0.05, 0.1) is 10.9 Å². The lowest BCUT2D eigenvalue weighted by atomic mass is 10.1. The number of aromatic nitrogens is 1. The Labute approximate surface area is 147 Å². The largest absolute Gasteiger partial charge is 1.00 e. The first-order valence-corrected chi connectivity index (χ1v) is 7.44. The second-order valence-electron chi connectivity index (χ2n) is 5.09. The minimum Gasteiger partial charge on any atom is -1.00 e. The highest BCUT2D eigenvalue weighted by atomic mass is 127. The van der Waals surface area contributed by atoms with E-state index < -0.39 is 5.97 Å². The van der Waals surface area contributed by atoms with Crippen LogP contribution in [0.4, 0.5) is 0 Å². The SMILES string of the molecule is C[n+]1c2ccc(C(=O)O)cc2cc2sc3ccccc3c21.[I-]. The van der Waals surface area contributed by atoms with Gasteiger partial charge in [-0.1, -0.05) is 12.1 Å². The summed E-state index contributed by atoms with van der Waals surface area (Å²) in [5.41, 5.74) is 2.56. The maximum Gasteiger partial charge on any atom is 0.335 e. The van der Waals surface area contributed by atoms with Crippen LogP contribution in [0.2, 0.25) is 0 Å². The first kappa shape index (κ1) is 15.2. The van der Waals surface area contributed by atoms with Crippen LogP contribution in [0.25, 0.3) is 31.2 Å². The summed E-state index contributed by atoms with van der Waals surface area (Å²) in [6.45, 7) is 0. The minimum absolute atomic E-state index is 0. The lowest BCUT2D eigenvalue weighted by Crippen LogP contribution is -3.00. The quantitative estimate of drug-likeness (QED) is 0.364. The number of carbonyl (C=O) groups is 1. The van der Waals surface area contributed by atoms with Crippen molar-refractivity contribution in [3.63, 3.8) is 0 Å². The number of thiophene rings is 1. The molecule has 4 rings (SSSR count). The monoisotopic (exact) mass is 421 g/mol. The van der Waals surface area contributed by atoms with Crippen molar-refractivity contribution in [3.8, 4) is 0 Å².